The molecule has 1 aromatic heterocycles. The van der Waals surface area contributed by atoms with Crippen LogP contribution in [0.15, 0.2) is 34.9 Å². The van der Waals surface area contributed by atoms with Crippen LogP contribution >= 0.6 is 15.9 Å². The summed E-state index contributed by atoms with van der Waals surface area (Å²) < 4.78 is 3.26. The molecule has 126 valence electrons. The normalized spacial score (nSPS) is 18.7. The standard InChI is InChI=1S/C18H21BrN4O/c1-13(21-11-18(24)23-7-2-3-16(23)10-20)12-22-8-6-14-9-15(19)4-5-17(14)22/h4-6,8-9,13,16,21H,2-3,7,11-12H2,1H3/t13?,16-/m0/s1. The van der Waals surface area contributed by atoms with Gasteiger partial charge in [0.15, 0.2) is 0 Å². The maximum absolute atomic E-state index is 12.3. The molecule has 3 rings (SSSR count). The number of nitriles is 1. The van der Waals surface area contributed by atoms with E-state index in [1.165, 1.54) is 10.9 Å². The minimum Gasteiger partial charge on any atom is -0.346 e. The number of nitrogens with zero attached hydrogens (tertiary/aromatic N) is 3. The van der Waals surface area contributed by atoms with Gasteiger partial charge >= 0.3 is 0 Å². The molecule has 1 aliphatic rings. The lowest BCUT2D eigenvalue weighted by molar-refractivity contribution is -0.130. The minimum absolute atomic E-state index is 0.0206. The monoisotopic (exact) mass is 388 g/mol. The molecule has 0 saturated carbocycles. The van der Waals surface area contributed by atoms with Crippen LogP contribution in [0.4, 0.5) is 0 Å². The summed E-state index contributed by atoms with van der Waals surface area (Å²) in [6.45, 7) is 3.85. The molecule has 2 aromatic rings. The molecule has 24 heavy (non-hydrogen) atoms. The number of nitrogens with one attached hydrogen (secondary N) is 1. The van der Waals surface area contributed by atoms with Gasteiger partial charge in [-0.25, -0.2) is 0 Å². The molecule has 5 nitrogen and oxygen atoms in total. The Morgan fingerprint density at radius 3 is 3.12 bits per heavy atom. The minimum atomic E-state index is -0.249. The van der Waals surface area contributed by atoms with E-state index in [-0.39, 0.29) is 24.5 Å². The van der Waals surface area contributed by atoms with Gasteiger partial charge in [0.05, 0.1) is 12.6 Å². The molecule has 1 fully saturated rings. The van der Waals surface area contributed by atoms with Crippen LogP contribution in [0.1, 0.15) is 19.8 Å². The molecule has 0 spiro atoms. The lowest BCUT2D eigenvalue weighted by Crippen LogP contribution is -2.43. The Bertz CT molecular complexity index is 779. The number of halogens is 1. The smallest absolute Gasteiger partial charge is 0.237 e. The third-order valence-electron chi connectivity index (χ3n) is 4.53. The fourth-order valence-electron chi connectivity index (χ4n) is 3.25. The Hall–Kier alpha value is -1.84. The average molecular weight is 389 g/mol. The summed E-state index contributed by atoms with van der Waals surface area (Å²) in [4.78, 5) is 14.0. The predicted molar refractivity (Wildman–Crippen MR) is 97.5 cm³/mol. The van der Waals surface area contributed by atoms with E-state index in [0.717, 1.165) is 23.9 Å². The Balaban J connectivity index is 1.56. The second-order valence-electron chi connectivity index (χ2n) is 6.33. The maximum atomic E-state index is 12.3. The van der Waals surface area contributed by atoms with E-state index in [4.69, 9.17) is 5.26 Å². The Morgan fingerprint density at radius 1 is 1.50 bits per heavy atom. The summed E-state index contributed by atoms with van der Waals surface area (Å²) in [5, 5.41) is 13.6. The molecular formula is C18H21BrN4O. The largest absolute Gasteiger partial charge is 0.346 e. The number of hydrogen-bond donors (Lipinski definition) is 1. The number of benzene rings is 1. The highest BCUT2D eigenvalue weighted by atomic mass is 79.9. The van der Waals surface area contributed by atoms with Crippen LogP contribution in [0.25, 0.3) is 10.9 Å². The second kappa shape index (κ2) is 7.37. The third kappa shape index (κ3) is 3.63. The molecule has 1 aliphatic heterocycles. The quantitative estimate of drug-likeness (QED) is 0.856. The van der Waals surface area contributed by atoms with Crippen molar-refractivity contribution in [2.75, 3.05) is 13.1 Å². The summed E-state index contributed by atoms with van der Waals surface area (Å²) in [5.41, 5.74) is 1.18. The molecule has 2 atom stereocenters. The van der Waals surface area contributed by atoms with Gasteiger partial charge in [-0.2, -0.15) is 5.26 Å². The van der Waals surface area contributed by atoms with Gasteiger partial charge in [-0.1, -0.05) is 15.9 Å². The molecule has 0 bridgehead atoms. The number of carbonyl (C=O) groups is 1. The van der Waals surface area contributed by atoms with Crippen LogP contribution in [0.2, 0.25) is 0 Å². The second-order valence-corrected chi connectivity index (χ2v) is 7.24. The first-order valence-corrected chi connectivity index (χ1v) is 9.04. The topological polar surface area (TPSA) is 61.1 Å². The Labute approximate surface area is 150 Å². The van der Waals surface area contributed by atoms with Crippen LogP contribution in [0.3, 0.4) is 0 Å². The van der Waals surface area contributed by atoms with Gasteiger partial charge in [0.25, 0.3) is 0 Å². The zero-order valence-electron chi connectivity index (χ0n) is 13.7. The van der Waals surface area contributed by atoms with E-state index < -0.39 is 0 Å². The van der Waals surface area contributed by atoms with E-state index in [0.29, 0.717) is 6.54 Å². The number of carbonyl (C=O) groups excluding carboxylic acids is 1. The van der Waals surface area contributed by atoms with Crippen molar-refractivity contribution in [3.05, 3.63) is 34.9 Å². The highest BCUT2D eigenvalue weighted by molar-refractivity contribution is 9.10. The van der Waals surface area contributed by atoms with Crippen LogP contribution in [-0.4, -0.2) is 40.5 Å². The van der Waals surface area contributed by atoms with Gasteiger partial charge in [-0.05, 0) is 44.0 Å². The number of hydrogen-bond acceptors (Lipinski definition) is 3. The summed E-state index contributed by atoms with van der Waals surface area (Å²) in [7, 11) is 0. The number of likely N-dealkylation sites (tertiary alicyclic amines) is 1. The summed E-state index contributed by atoms with van der Waals surface area (Å²) in [5.74, 6) is 0.0206. The highest BCUT2D eigenvalue weighted by Gasteiger charge is 2.28. The van der Waals surface area contributed by atoms with Crippen molar-refractivity contribution in [1.29, 1.82) is 5.26 Å². The molecule has 1 saturated heterocycles. The zero-order valence-corrected chi connectivity index (χ0v) is 15.3. The fraction of sp³-hybridized carbons (Fsp3) is 0.444. The lowest BCUT2D eigenvalue weighted by Gasteiger charge is -2.21. The van der Waals surface area contributed by atoms with Crippen molar-refractivity contribution < 1.29 is 4.79 Å². The molecular weight excluding hydrogens is 368 g/mol. The first kappa shape index (κ1) is 17.0. The first-order chi connectivity index (χ1) is 11.6. The van der Waals surface area contributed by atoms with Crippen LogP contribution in [0.5, 0.6) is 0 Å². The molecule has 1 amide bonds. The van der Waals surface area contributed by atoms with E-state index in [9.17, 15) is 4.79 Å². The third-order valence-corrected chi connectivity index (χ3v) is 5.02. The van der Waals surface area contributed by atoms with Crippen LogP contribution < -0.4 is 5.32 Å². The van der Waals surface area contributed by atoms with E-state index >= 15 is 0 Å². The highest BCUT2D eigenvalue weighted by Crippen LogP contribution is 2.21. The van der Waals surface area contributed by atoms with Crippen LogP contribution in [-0.2, 0) is 11.3 Å². The lowest BCUT2D eigenvalue weighted by atomic mass is 10.2. The van der Waals surface area contributed by atoms with Crippen molar-refractivity contribution in [2.45, 2.75) is 38.4 Å². The van der Waals surface area contributed by atoms with Crippen molar-refractivity contribution in [1.82, 2.24) is 14.8 Å². The van der Waals surface area contributed by atoms with Gasteiger partial charge in [0.2, 0.25) is 5.91 Å². The van der Waals surface area contributed by atoms with Crippen molar-refractivity contribution in [2.24, 2.45) is 0 Å². The van der Waals surface area contributed by atoms with Crippen molar-refractivity contribution in [3.8, 4) is 6.07 Å². The average Bonchev–Trinajstić information content (AvgIpc) is 3.19. The molecule has 0 radical (unpaired) electrons. The van der Waals surface area contributed by atoms with Crippen molar-refractivity contribution >= 4 is 32.7 Å². The van der Waals surface area contributed by atoms with E-state index in [2.05, 4.69) is 63.2 Å². The molecule has 1 N–H and O–H groups in total. The fourth-order valence-corrected chi connectivity index (χ4v) is 3.63. The van der Waals surface area contributed by atoms with Crippen LogP contribution in [0, 0.1) is 11.3 Å². The SMILES string of the molecule is CC(Cn1ccc2cc(Br)ccc21)NCC(=O)N1CCC[C@H]1C#N. The first-order valence-electron chi connectivity index (χ1n) is 8.25. The number of amides is 1. The van der Waals surface area contributed by atoms with Crippen molar-refractivity contribution in [3.63, 3.8) is 0 Å². The summed E-state index contributed by atoms with van der Waals surface area (Å²) in [6, 6.07) is 10.5. The molecule has 6 heteroatoms. The molecule has 0 aliphatic carbocycles. The molecule has 1 unspecified atom stereocenters. The van der Waals surface area contributed by atoms with E-state index in [1.807, 2.05) is 6.07 Å². The van der Waals surface area contributed by atoms with Gasteiger partial charge in [0, 0.05) is 40.7 Å². The number of rotatable bonds is 5. The summed E-state index contributed by atoms with van der Waals surface area (Å²) >= 11 is 3.49. The number of fused-ring (bicyclic) bond motifs is 1. The summed E-state index contributed by atoms with van der Waals surface area (Å²) in [6.07, 6.45) is 3.79. The molecule has 2 heterocycles. The molecule has 1 aromatic carbocycles. The Kier molecular flexibility index (Phi) is 5.22. The van der Waals surface area contributed by atoms with Gasteiger partial charge in [-0.15, -0.1) is 0 Å². The van der Waals surface area contributed by atoms with Gasteiger partial charge in [-0.3, -0.25) is 4.79 Å². The maximum Gasteiger partial charge on any atom is 0.237 e. The number of aromatic nitrogens is 1. The van der Waals surface area contributed by atoms with Gasteiger partial charge in [0.1, 0.15) is 6.04 Å². The predicted octanol–water partition coefficient (Wildman–Crippen LogP) is 2.90. The van der Waals surface area contributed by atoms with Gasteiger partial charge < -0.3 is 14.8 Å². The van der Waals surface area contributed by atoms with E-state index in [1.54, 1.807) is 4.90 Å². The zero-order chi connectivity index (χ0) is 17.1. The Morgan fingerprint density at radius 2 is 2.33 bits per heavy atom.